The van der Waals surface area contributed by atoms with Crippen LogP contribution in [-0.4, -0.2) is 60.0 Å². The number of hydrogen-bond donors (Lipinski definition) is 3. The van der Waals surface area contributed by atoms with Crippen LogP contribution in [-0.2, 0) is 9.53 Å². The van der Waals surface area contributed by atoms with Crippen LogP contribution < -0.4 is 5.73 Å². The van der Waals surface area contributed by atoms with Gasteiger partial charge in [0.15, 0.2) is 5.96 Å². The maximum Gasteiger partial charge on any atom is 0.334 e. The van der Waals surface area contributed by atoms with E-state index in [1.54, 1.807) is 7.05 Å². The SMILES string of the molecule is CN=C(N)N1C=CC[C@@]2(C1)[C@@H]1CC[C@@H](C)[C@]23C[C@](O)(COC)C(C(=O)O)=C3C1. The third kappa shape index (κ3) is 2.23. The molecule has 2 fully saturated rings. The lowest BCUT2D eigenvalue weighted by molar-refractivity contribution is -0.137. The van der Waals surface area contributed by atoms with E-state index >= 15 is 0 Å². The summed E-state index contributed by atoms with van der Waals surface area (Å²) in [7, 11) is 3.20. The number of aliphatic imine (C=N–C) groups is 1. The Morgan fingerprint density at radius 3 is 2.86 bits per heavy atom. The monoisotopic (exact) mass is 389 g/mol. The van der Waals surface area contributed by atoms with Crippen molar-refractivity contribution in [2.45, 2.75) is 44.6 Å². The van der Waals surface area contributed by atoms with Crippen LogP contribution in [0.3, 0.4) is 0 Å². The van der Waals surface area contributed by atoms with Crippen molar-refractivity contribution in [1.29, 1.82) is 0 Å². The number of carboxylic acids is 1. The lowest BCUT2D eigenvalue weighted by Gasteiger charge is -2.57. The molecular weight excluding hydrogens is 358 g/mol. The number of carboxylic acid groups (broad SMARTS) is 1. The molecule has 4 N–H and O–H groups in total. The molecule has 0 aromatic carbocycles. The minimum atomic E-state index is -1.45. The largest absolute Gasteiger partial charge is 0.478 e. The highest BCUT2D eigenvalue weighted by Gasteiger charge is 2.72. The van der Waals surface area contributed by atoms with Gasteiger partial charge in [0.1, 0.15) is 5.60 Å². The van der Waals surface area contributed by atoms with Gasteiger partial charge in [-0.3, -0.25) is 4.99 Å². The van der Waals surface area contributed by atoms with Crippen molar-refractivity contribution < 1.29 is 19.7 Å². The minimum Gasteiger partial charge on any atom is -0.478 e. The maximum absolute atomic E-state index is 12.3. The molecule has 7 heteroatoms. The van der Waals surface area contributed by atoms with Crippen LogP contribution in [0.5, 0.6) is 0 Å². The van der Waals surface area contributed by atoms with Crippen molar-refractivity contribution >= 4 is 11.9 Å². The Morgan fingerprint density at radius 2 is 2.21 bits per heavy atom. The van der Waals surface area contributed by atoms with Gasteiger partial charge in [0.25, 0.3) is 0 Å². The number of methoxy groups -OCH3 is 1. The van der Waals surface area contributed by atoms with E-state index in [9.17, 15) is 15.0 Å². The van der Waals surface area contributed by atoms with Crippen LogP contribution in [0.25, 0.3) is 0 Å². The van der Waals surface area contributed by atoms with Gasteiger partial charge in [-0.05, 0) is 49.5 Å². The van der Waals surface area contributed by atoms with E-state index < -0.39 is 11.6 Å². The molecule has 0 aromatic heterocycles. The molecule has 0 amide bonds. The second-order valence-electron chi connectivity index (χ2n) is 9.11. The van der Waals surface area contributed by atoms with Crippen LogP contribution in [0.15, 0.2) is 28.4 Å². The molecule has 0 aromatic rings. The van der Waals surface area contributed by atoms with Crippen LogP contribution >= 0.6 is 0 Å². The average molecular weight is 389 g/mol. The van der Waals surface area contributed by atoms with E-state index in [1.165, 1.54) is 7.11 Å². The smallest absolute Gasteiger partial charge is 0.334 e. The summed E-state index contributed by atoms with van der Waals surface area (Å²) in [6.07, 6.45) is 8.27. The van der Waals surface area contributed by atoms with E-state index in [0.29, 0.717) is 24.8 Å². The van der Waals surface area contributed by atoms with Crippen molar-refractivity contribution in [1.82, 2.24) is 4.90 Å². The molecule has 2 bridgehead atoms. The second kappa shape index (κ2) is 6.32. The summed E-state index contributed by atoms with van der Waals surface area (Å²) < 4.78 is 5.29. The zero-order chi connectivity index (χ0) is 20.3. The van der Waals surface area contributed by atoms with Crippen molar-refractivity contribution in [2.24, 2.45) is 33.4 Å². The van der Waals surface area contributed by atoms with Crippen molar-refractivity contribution in [3.05, 3.63) is 23.4 Å². The minimum absolute atomic E-state index is 0.00542. The van der Waals surface area contributed by atoms with Crippen LogP contribution in [0.4, 0.5) is 0 Å². The number of guanidine groups is 1. The standard InChI is InChI=1S/C21H31N3O4/c1-13-5-6-14-9-15-16(17(25)26)20(27,12-28-3)10-21(13,15)19(14)7-4-8-24(11-19)18(22)23-2/h4,8,13-14,27H,5-7,9-12H2,1-3H3,(H2,22,23)(H,25,26)/t13-,14-,19-,20+,21+/m1/s1. The zero-order valence-corrected chi connectivity index (χ0v) is 16.9. The van der Waals surface area contributed by atoms with Gasteiger partial charge in [-0.2, -0.15) is 0 Å². The van der Waals surface area contributed by atoms with E-state index in [-0.39, 0.29) is 28.9 Å². The molecule has 4 aliphatic rings. The Balaban J connectivity index is 1.91. The molecule has 154 valence electrons. The fourth-order valence-electron chi connectivity index (χ4n) is 7.17. The van der Waals surface area contributed by atoms with Crippen LogP contribution in [0.2, 0.25) is 0 Å². The highest BCUT2D eigenvalue weighted by atomic mass is 16.5. The molecule has 4 rings (SSSR count). The lowest BCUT2D eigenvalue weighted by Crippen LogP contribution is -2.58. The average Bonchev–Trinajstić information content (AvgIpc) is 2.99. The van der Waals surface area contributed by atoms with Crippen LogP contribution in [0.1, 0.15) is 39.0 Å². The Hall–Kier alpha value is -1.86. The number of rotatable bonds is 3. The molecule has 28 heavy (non-hydrogen) atoms. The first-order valence-corrected chi connectivity index (χ1v) is 10.1. The summed E-state index contributed by atoms with van der Waals surface area (Å²) >= 11 is 0. The molecule has 0 saturated heterocycles. The third-order valence-corrected chi connectivity index (χ3v) is 8.13. The normalized spacial score (nSPS) is 42.4. The Kier molecular flexibility index (Phi) is 4.39. The first-order valence-electron chi connectivity index (χ1n) is 10.1. The molecule has 7 nitrogen and oxygen atoms in total. The second-order valence-corrected chi connectivity index (χ2v) is 9.11. The van der Waals surface area contributed by atoms with Gasteiger partial charge in [-0.15, -0.1) is 0 Å². The van der Waals surface area contributed by atoms with Crippen molar-refractivity contribution in [3.63, 3.8) is 0 Å². The summed E-state index contributed by atoms with van der Waals surface area (Å²) in [5, 5.41) is 21.5. The lowest BCUT2D eigenvalue weighted by atomic mass is 9.49. The Morgan fingerprint density at radius 1 is 1.46 bits per heavy atom. The topological polar surface area (TPSA) is 108 Å². The number of hydrogen-bond acceptors (Lipinski definition) is 4. The fraction of sp³-hybridized carbons (Fsp3) is 0.714. The first-order chi connectivity index (χ1) is 13.3. The number of carbonyl (C=O) groups is 1. The molecule has 2 saturated carbocycles. The van der Waals surface area contributed by atoms with E-state index in [1.807, 2.05) is 11.1 Å². The van der Waals surface area contributed by atoms with Crippen LogP contribution in [0, 0.1) is 22.7 Å². The van der Waals surface area contributed by atoms with Gasteiger partial charge in [0, 0.05) is 37.7 Å². The molecule has 1 aliphatic heterocycles. The molecule has 5 atom stereocenters. The van der Waals surface area contributed by atoms with E-state index in [4.69, 9.17) is 10.5 Å². The zero-order valence-electron chi connectivity index (χ0n) is 16.9. The molecule has 1 heterocycles. The van der Waals surface area contributed by atoms with E-state index in [0.717, 1.165) is 31.3 Å². The Bertz CT molecular complexity index is 791. The predicted octanol–water partition coefficient (Wildman–Crippen LogP) is 1.74. The summed E-state index contributed by atoms with van der Waals surface area (Å²) in [6.45, 7) is 2.94. The number of nitrogens with zero attached hydrogens (tertiary/aromatic N) is 2. The van der Waals surface area contributed by atoms with Gasteiger partial charge in [0.2, 0.25) is 0 Å². The summed E-state index contributed by atoms with van der Waals surface area (Å²) in [4.78, 5) is 18.4. The van der Waals surface area contributed by atoms with Gasteiger partial charge >= 0.3 is 5.97 Å². The Labute approximate surface area is 165 Å². The summed E-state index contributed by atoms with van der Waals surface area (Å²) in [6, 6.07) is 0. The molecule has 0 unspecified atom stereocenters. The maximum atomic E-state index is 12.3. The van der Waals surface area contributed by atoms with Crippen molar-refractivity contribution in [2.75, 3.05) is 27.3 Å². The van der Waals surface area contributed by atoms with Gasteiger partial charge in [-0.25, -0.2) is 4.79 Å². The molecular formula is C21H31N3O4. The quantitative estimate of drug-likeness (QED) is 0.501. The van der Waals surface area contributed by atoms with Gasteiger partial charge < -0.3 is 25.6 Å². The molecule has 3 aliphatic carbocycles. The number of ether oxygens (including phenoxy) is 1. The summed E-state index contributed by atoms with van der Waals surface area (Å²) in [5.74, 6) is 0.129. The number of allylic oxidation sites excluding steroid dienone is 2. The number of aliphatic carboxylic acids is 1. The molecule has 2 spiro atoms. The van der Waals surface area contributed by atoms with Crippen molar-refractivity contribution in [3.8, 4) is 0 Å². The summed E-state index contributed by atoms with van der Waals surface area (Å²) in [5.41, 5.74) is 5.33. The number of aliphatic hydroxyl groups is 1. The molecule has 0 radical (unpaired) electrons. The third-order valence-electron chi connectivity index (χ3n) is 8.13. The van der Waals surface area contributed by atoms with Gasteiger partial charge in [-0.1, -0.05) is 13.0 Å². The highest BCUT2D eigenvalue weighted by Crippen LogP contribution is 2.76. The van der Waals surface area contributed by atoms with E-state index in [2.05, 4.69) is 18.0 Å². The first kappa shape index (κ1) is 19.5. The predicted molar refractivity (Wildman–Crippen MR) is 105 cm³/mol. The van der Waals surface area contributed by atoms with Gasteiger partial charge in [0.05, 0.1) is 12.2 Å². The number of nitrogens with two attached hydrogens (primary N) is 1. The highest BCUT2D eigenvalue weighted by molar-refractivity contribution is 5.92. The fourth-order valence-corrected chi connectivity index (χ4v) is 7.17.